The van der Waals surface area contributed by atoms with Gasteiger partial charge in [0, 0.05) is 12.3 Å². The number of carbonyl (C=O) groups is 1. The summed E-state index contributed by atoms with van der Waals surface area (Å²) in [6.07, 6.45) is 4.19. The highest BCUT2D eigenvalue weighted by atomic mass is 16.5. The van der Waals surface area contributed by atoms with Crippen LogP contribution in [0.1, 0.15) is 24.2 Å². The van der Waals surface area contributed by atoms with Crippen molar-refractivity contribution in [2.45, 2.75) is 13.8 Å². The molecular weight excluding hydrogens is 194 g/mol. The molecule has 0 aromatic carbocycles. The van der Waals surface area contributed by atoms with E-state index in [0.717, 1.165) is 5.57 Å². The normalized spacial score (nSPS) is 9.20. The van der Waals surface area contributed by atoms with Crippen LogP contribution in [0.3, 0.4) is 0 Å². The number of nitrogens with one attached hydrogen (secondary N) is 2. The van der Waals surface area contributed by atoms with Crippen LogP contribution in [0.4, 0.5) is 0 Å². The average Bonchev–Trinajstić information content (AvgIpc) is 2.17. The third-order valence-electron chi connectivity index (χ3n) is 1.58. The molecule has 0 saturated heterocycles. The molecule has 0 unspecified atom stereocenters. The number of pyridine rings is 1. The van der Waals surface area contributed by atoms with E-state index in [4.69, 9.17) is 0 Å². The summed E-state index contributed by atoms with van der Waals surface area (Å²) >= 11 is 0. The minimum atomic E-state index is -0.349. The molecule has 0 saturated carbocycles. The maximum absolute atomic E-state index is 11.4. The Bertz CT molecular complexity index is 384. The molecule has 1 rings (SSSR count). The molecule has 15 heavy (non-hydrogen) atoms. The van der Waals surface area contributed by atoms with Crippen molar-refractivity contribution in [3.63, 3.8) is 0 Å². The molecule has 1 heterocycles. The molecule has 0 atom stereocenters. The van der Waals surface area contributed by atoms with E-state index in [0.29, 0.717) is 10.3 Å². The highest BCUT2D eigenvalue weighted by Crippen LogP contribution is 1.92. The Morgan fingerprint density at radius 2 is 2.27 bits per heavy atom. The van der Waals surface area contributed by atoms with Gasteiger partial charge in [-0.05, 0) is 19.9 Å². The second-order valence-electron chi connectivity index (χ2n) is 3.27. The molecule has 0 aliphatic carbocycles. The van der Waals surface area contributed by atoms with E-state index < -0.39 is 0 Å². The van der Waals surface area contributed by atoms with Crippen molar-refractivity contribution < 1.29 is 9.52 Å². The van der Waals surface area contributed by atoms with Gasteiger partial charge in [0.25, 0.3) is 5.91 Å². The fourth-order valence-electron chi connectivity index (χ4n) is 0.907. The van der Waals surface area contributed by atoms with Crippen LogP contribution in [0.15, 0.2) is 36.3 Å². The number of hydrogen-bond acceptors (Lipinski definition) is 3. The zero-order valence-corrected chi connectivity index (χ0v) is 8.65. The Kier molecular flexibility index (Phi) is 3.68. The Morgan fingerprint density at radius 3 is 2.87 bits per heavy atom. The summed E-state index contributed by atoms with van der Waals surface area (Å²) in [4.78, 5) is 11.4. The maximum Gasteiger partial charge on any atom is 0.275 e. The lowest BCUT2D eigenvalue weighted by Gasteiger charge is -2.04. The predicted molar refractivity (Wildman–Crippen MR) is 55.4 cm³/mol. The summed E-state index contributed by atoms with van der Waals surface area (Å²) < 4.78 is 0.579. The smallest absolute Gasteiger partial charge is 0.275 e. The molecule has 0 spiro atoms. The SMILES string of the molecule is CC(C)=CNNC(=O)c1ccc[n+]([O-])c1. The van der Waals surface area contributed by atoms with Crippen LogP contribution in [-0.4, -0.2) is 5.91 Å². The summed E-state index contributed by atoms with van der Waals surface area (Å²) in [5.41, 5.74) is 6.41. The van der Waals surface area contributed by atoms with Crippen molar-refractivity contribution in [3.8, 4) is 0 Å². The standard InChI is InChI=1S/C10H13N3O2/c1-8(2)6-11-12-10(14)9-4-3-5-13(15)7-9/h3-7,11H,1-2H3,(H,12,14). The molecule has 0 fully saturated rings. The molecule has 0 radical (unpaired) electrons. The maximum atomic E-state index is 11.4. The number of carbonyl (C=O) groups excluding carboxylic acids is 1. The molecule has 1 amide bonds. The van der Waals surface area contributed by atoms with Crippen molar-refractivity contribution >= 4 is 5.91 Å². The molecule has 2 N–H and O–H groups in total. The third-order valence-corrected chi connectivity index (χ3v) is 1.58. The quantitative estimate of drug-likeness (QED) is 0.430. The summed E-state index contributed by atoms with van der Waals surface area (Å²) in [5.74, 6) is -0.349. The van der Waals surface area contributed by atoms with Crippen molar-refractivity contribution in [2.24, 2.45) is 0 Å². The Hall–Kier alpha value is -2.04. The topological polar surface area (TPSA) is 68.1 Å². The Balaban J connectivity index is 2.58. The molecule has 1 aromatic heterocycles. The first kappa shape index (κ1) is 11.0. The number of amides is 1. The van der Waals surface area contributed by atoms with Crippen molar-refractivity contribution in [2.75, 3.05) is 0 Å². The molecule has 80 valence electrons. The summed E-state index contributed by atoms with van der Waals surface area (Å²) in [5, 5.41) is 10.9. The molecule has 5 heteroatoms. The zero-order chi connectivity index (χ0) is 11.3. The van der Waals surface area contributed by atoms with Crippen LogP contribution in [0.2, 0.25) is 0 Å². The monoisotopic (exact) mass is 207 g/mol. The van der Waals surface area contributed by atoms with Gasteiger partial charge in [-0.1, -0.05) is 5.57 Å². The number of hydrogen-bond donors (Lipinski definition) is 2. The van der Waals surface area contributed by atoms with Crippen molar-refractivity contribution in [1.29, 1.82) is 0 Å². The molecule has 0 aliphatic rings. The zero-order valence-electron chi connectivity index (χ0n) is 8.65. The fraction of sp³-hybridized carbons (Fsp3) is 0.200. The molecule has 0 bridgehead atoms. The van der Waals surface area contributed by atoms with E-state index in [2.05, 4.69) is 10.9 Å². The molecular formula is C10H13N3O2. The molecule has 5 nitrogen and oxygen atoms in total. The lowest BCUT2D eigenvalue weighted by molar-refractivity contribution is -0.605. The van der Waals surface area contributed by atoms with Gasteiger partial charge in [0.05, 0.1) is 0 Å². The largest absolute Gasteiger partial charge is 0.619 e. The first-order chi connectivity index (χ1) is 7.09. The Labute approximate surface area is 88.0 Å². The third kappa shape index (κ3) is 3.68. The number of aromatic nitrogens is 1. The van der Waals surface area contributed by atoms with Crippen molar-refractivity contribution in [1.82, 2.24) is 10.9 Å². The number of hydrazine groups is 1. The van der Waals surface area contributed by atoms with Crippen LogP contribution < -0.4 is 15.6 Å². The van der Waals surface area contributed by atoms with E-state index in [-0.39, 0.29) is 5.91 Å². The first-order valence-corrected chi connectivity index (χ1v) is 4.47. The van der Waals surface area contributed by atoms with Gasteiger partial charge >= 0.3 is 0 Å². The van der Waals surface area contributed by atoms with Gasteiger partial charge in [0.1, 0.15) is 5.56 Å². The van der Waals surface area contributed by atoms with E-state index >= 15 is 0 Å². The number of nitrogens with zero attached hydrogens (tertiary/aromatic N) is 1. The van der Waals surface area contributed by atoms with Gasteiger partial charge in [-0.2, -0.15) is 4.73 Å². The van der Waals surface area contributed by atoms with Gasteiger partial charge in [0.2, 0.25) is 0 Å². The van der Waals surface area contributed by atoms with Crippen LogP contribution >= 0.6 is 0 Å². The van der Waals surface area contributed by atoms with Gasteiger partial charge in [-0.25, -0.2) is 0 Å². The number of rotatable bonds is 3. The van der Waals surface area contributed by atoms with E-state index in [1.807, 2.05) is 13.8 Å². The lowest BCUT2D eigenvalue weighted by Crippen LogP contribution is -2.35. The predicted octanol–water partition coefficient (Wildman–Crippen LogP) is 0.478. The molecule has 1 aromatic rings. The number of allylic oxidation sites excluding steroid dienone is 1. The van der Waals surface area contributed by atoms with Gasteiger partial charge < -0.3 is 10.6 Å². The van der Waals surface area contributed by atoms with Gasteiger partial charge in [-0.15, -0.1) is 0 Å². The highest BCUT2D eigenvalue weighted by molar-refractivity contribution is 5.93. The highest BCUT2D eigenvalue weighted by Gasteiger charge is 2.06. The minimum Gasteiger partial charge on any atom is -0.619 e. The average molecular weight is 207 g/mol. The van der Waals surface area contributed by atoms with Crippen LogP contribution in [0, 0.1) is 5.21 Å². The minimum absolute atomic E-state index is 0.308. The van der Waals surface area contributed by atoms with Gasteiger partial charge in [-0.3, -0.25) is 10.2 Å². The lowest BCUT2D eigenvalue weighted by atomic mass is 10.3. The van der Waals surface area contributed by atoms with Crippen LogP contribution in [-0.2, 0) is 0 Å². The summed E-state index contributed by atoms with van der Waals surface area (Å²) in [6, 6.07) is 3.08. The van der Waals surface area contributed by atoms with E-state index in [1.54, 1.807) is 12.3 Å². The van der Waals surface area contributed by atoms with Crippen molar-refractivity contribution in [3.05, 3.63) is 47.1 Å². The molecule has 0 aliphatic heterocycles. The van der Waals surface area contributed by atoms with E-state index in [1.165, 1.54) is 18.5 Å². The summed E-state index contributed by atoms with van der Waals surface area (Å²) in [7, 11) is 0. The van der Waals surface area contributed by atoms with Crippen LogP contribution in [0.5, 0.6) is 0 Å². The Morgan fingerprint density at radius 1 is 1.53 bits per heavy atom. The fourth-order valence-corrected chi connectivity index (χ4v) is 0.907. The second kappa shape index (κ2) is 4.99. The first-order valence-electron chi connectivity index (χ1n) is 4.47. The summed E-state index contributed by atoms with van der Waals surface area (Å²) in [6.45, 7) is 3.79. The second-order valence-corrected chi connectivity index (χ2v) is 3.27. The van der Waals surface area contributed by atoms with Crippen LogP contribution in [0.25, 0.3) is 0 Å². The van der Waals surface area contributed by atoms with Gasteiger partial charge in [0.15, 0.2) is 12.4 Å². The van der Waals surface area contributed by atoms with E-state index in [9.17, 15) is 10.0 Å².